The summed E-state index contributed by atoms with van der Waals surface area (Å²) in [7, 11) is 0.859. The highest BCUT2D eigenvalue weighted by Gasteiger charge is 2.19. The van der Waals surface area contributed by atoms with Crippen molar-refractivity contribution in [1.29, 1.82) is 0 Å². The maximum absolute atomic E-state index is 12.3. The van der Waals surface area contributed by atoms with Crippen molar-refractivity contribution in [3.05, 3.63) is 53.6 Å². The number of carbonyl (C=O) groups excluding carboxylic acids is 2. The van der Waals surface area contributed by atoms with Crippen molar-refractivity contribution >= 4 is 27.5 Å². The number of anilines is 1. The van der Waals surface area contributed by atoms with E-state index in [1.165, 1.54) is 51.6 Å². The van der Waals surface area contributed by atoms with Gasteiger partial charge in [-0.05, 0) is 36.4 Å². The molecule has 9 heteroatoms. The quantitative estimate of drug-likeness (QED) is 0.488. The lowest BCUT2D eigenvalue weighted by molar-refractivity contribution is 0.0471. The second-order valence-corrected chi connectivity index (χ2v) is 7.83. The maximum Gasteiger partial charge on any atom is 0.342 e. The Morgan fingerprint density at radius 1 is 1.00 bits per heavy atom. The highest BCUT2D eigenvalue weighted by Crippen LogP contribution is 2.31. The maximum atomic E-state index is 12.3. The lowest BCUT2D eigenvalue weighted by atomic mass is 10.1. The second kappa shape index (κ2) is 8.75. The van der Waals surface area contributed by atoms with E-state index in [1.54, 1.807) is 12.1 Å². The molecule has 0 bridgehead atoms. The zero-order valence-corrected chi connectivity index (χ0v) is 16.8. The number of esters is 1. The summed E-state index contributed by atoms with van der Waals surface area (Å²) in [5.41, 5.74) is 0.841. The van der Waals surface area contributed by atoms with Gasteiger partial charge in [0, 0.05) is 12.6 Å². The Morgan fingerprint density at radius 3 is 2.18 bits per heavy atom. The lowest BCUT2D eigenvalue weighted by Crippen LogP contribution is -2.24. The fraction of sp³-hybridized carbons (Fsp3) is 0.263. The number of methoxy groups -OCH3 is 2. The van der Waals surface area contributed by atoms with Gasteiger partial charge in [-0.25, -0.2) is 13.2 Å². The molecule has 2 aromatic rings. The number of sulfonamides is 1. The number of Topliss-reactive ketones (excluding diaryl/α,β-unsaturated/α-hetero) is 1. The molecule has 0 unspecified atom stereocenters. The summed E-state index contributed by atoms with van der Waals surface area (Å²) in [6.07, 6.45) is 1.08. The van der Waals surface area contributed by atoms with E-state index in [0.717, 1.165) is 10.6 Å². The third kappa shape index (κ3) is 4.80. The van der Waals surface area contributed by atoms with Gasteiger partial charge in [-0.1, -0.05) is 6.07 Å². The topological polar surface area (TPSA) is 99.2 Å². The van der Waals surface area contributed by atoms with Crippen LogP contribution in [0.2, 0.25) is 0 Å². The van der Waals surface area contributed by atoms with Crippen molar-refractivity contribution in [2.45, 2.75) is 0 Å². The van der Waals surface area contributed by atoms with Gasteiger partial charge in [0.1, 0.15) is 5.56 Å². The van der Waals surface area contributed by atoms with Gasteiger partial charge in [0.2, 0.25) is 10.0 Å². The fourth-order valence-electron chi connectivity index (χ4n) is 2.39. The molecule has 0 aromatic heterocycles. The molecule has 2 aromatic carbocycles. The molecule has 0 fully saturated rings. The molecule has 28 heavy (non-hydrogen) atoms. The Hall–Kier alpha value is -3.07. The van der Waals surface area contributed by atoms with Crippen LogP contribution < -0.4 is 13.8 Å². The molecule has 0 aliphatic carbocycles. The Bertz CT molecular complexity index is 968. The molecular weight excluding hydrogens is 386 g/mol. The Kier molecular flexibility index (Phi) is 6.63. The predicted molar refractivity (Wildman–Crippen MR) is 104 cm³/mol. The number of rotatable bonds is 8. The van der Waals surface area contributed by atoms with Gasteiger partial charge in [0.05, 0.1) is 26.2 Å². The summed E-state index contributed by atoms with van der Waals surface area (Å²) < 4.78 is 39.6. The molecule has 0 heterocycles. The molecule has 0 amide bonds. The first kappa shape index (κ1) is 21.2. The van der Waals surface area contributed by atoms with Crippen LogP contribution in [-0.2, 0) is 14.8 Å². The molecule has 0 aliphatic heterocycles. The van der Waals surface area contributed by atoms with Crippen LogP contribution in [0.15, 0.2) is 42.5 Å². The van der Waals surface area contributed by atoms with Crippen molar-refractivity contribution in [2.75, 3.05) is 38.4 Å². The minimum absolute atomic E-state index is 0.139. The van der Waals surface area contributed by atoms with Crippen molar-refractivity contribution < 1.29 is 32.2 Å². The highest BCUT2D eigenvalue weighted by molar-refractivity contribution is 7.92. The van der Waals surface area contributed by atoms with Gasteiger partial charge >= 0.3 is 5.97 Å². The summed E-state index contributed by atoms with van der Waals surface area (Å²) in [4.78, 5) is 24.6. The van der Waals surface area contributed by atoms with E-state index >= 15 is 0 Å². The lowest BCUT2D eigenvalue weighted by Gasteiger charge is -2.16. The zero-order valence-electron chi connectivity index (χ0n) is 16.0. The molecule has 2 rings (SSSR count). The summed E-state index contributed by atoms with van der Waals surface area (Å²) in [5.74, 6) is -0.564. The number of ether oxygens (including phenoxy) is 3. The van der Waals surface area contributed by atoms with Gasteiger partial charge in [-0.3, -0.25) is 9.10 Å². The normalized spacial score (nSPS) is 10.9. The minimum Gasteiger partial charge on any atom is -0.493 e. The van der Waals surface area contributed by atoms with E-state index in [-0.39, 0.29) is 16.9 Å². The van der Waals surface area contributed by atoms with Crippen LogP contribution in [0.4, 0.5) is 5.69 Å². The monoisotopic (exact) mass is 407 g/mol. The standard InChI is InChI=1S/C19H21NO7S/c1-20(28(4,23)24)14-10-8-13(9-11-14)16(21)12-27-19(22)15-6-5-7-17(25-2)18(15)26-3/h5-11H,12H2,1-4H3. The van der Waals surface area contributed by atoms with Crippen LogP contribution in [-0.4, -0.2) is 54.3 Å². The molecule has 0 radical (unpaired) electrons. The van der Waals surface area contributed by atoms with Gasteiger partial charge < -0.3 is 14.2 Å². The number of hydrogen-bond acceptors (Lipinski definition) is 7. The van der Waals surface area contributed by atoms with Gasteiger partial charge in [-0.2, -0.15) is 0 Å². The molecule has 150 valence electrons. The second-order valence-electron chi connectivity index (χ2n) is 5.82. The van der Waals surface area contributed by atoms with Crippen molar-refractivity contribution in [1.82, 2.24) is 0 Å². The van der Waals surface area contributed by atoms with Gasteiger partial charge in [-0.15, -0.1) is 0 Å². The molecule has 0 saturated carbocycles. The Morgan fingerprint density at radius 2 is 1.64 bits per heavy atom. The molecule has 0 N–H and O–H groups in total. The SMILES string of the molecule is COc1cccc(C(=O)OCC(=O)c2ccc(N(C)S(C)(=O)=O)cc2)c1OC. The van der Waals surface area contributed by atoms with E-state index in [1.807, 2.05) is 0 Å². The Labute approximate surface area is 163 Å². The first-order valence-electron chi connectivity index (χ1n) is 8.14. The molecule has 0 spiro atoms. The van der Waals surface area contributed by atoms with Crippen LogP contribution in [0.3, 0.4) is 0 Å². The summed E-state index contributed by atoms with van der Waals surface area (Å²) in [5, 5.41) is 0. The van der Waals surface area contributed by atoms with Crippen molar-refractivity contribution in [2.24, 2.45) is 0 Å². The predicted octanol–water partition coefficient (Wildman–Crippen LogP) is 2.14. The number of para-hydroxylation sites is 1. The molecule has 0 atom stereocenters. The number of carbonyl (C=O) groups is 2. The van der Waals surface area contributed by atoms with E-state index in [9.17, 15) is 18.0 Å². The number of nitrogens with zero attached hydrogens (tertiary/aromatic N) is 1. The third-order valence-corrected chi connectivity index (χ3v) is 5.21. The van der Waals surface area contributed by atoms with E-state index in [2.05, 4.69) is 0 Å². The number of hydrogen-bond donors (Lipinski definition) is 0. The van der Waals surface area contributed by atoms with Crippen molar-refractivity contribution in [3.8, 4) is 11.5 Å². The van der Waals surface area contributed by atoms with Gasteiger partial charge in [0.25, 0.3) is 0 Å². The van der Waals surface area contributed by atoms with Crippen LogP contribution in [0.5, 0.6) is 11.5 Å². The summed E-state index contributed by atoms with van der Waals surface area (Å²) in [6.45, 7) is -0.472. The molecule has 0 saturated heterocycles. The van der Waals surface area contributed by atoms with Crippen LogP contribution >= 0.6 is 0 Å². The Balaban J connectivity index is 2.07. The van der Waals surface area contributed by atoms with E-state index in [4.69, 9.17) is 14.2 Å². The highest BCUT2D eigenvalue weighted by atomic mass is 32.2. The summed E-state index contributed by atoms with van der Waals surface area (Å²) in [6, 6.07) is 10.7. The first-order valence-corrected chi connectivity index (χ1v) is 9.99. The number of ketones is 1. The van der Waals surface area contributed by atoms with Crippen LogP contribution in [0.25, 0.3) is 0 Å². The molecular formula is C19H21NO7S. The van der Waals surface area contributed by atoms with E-state index < -0.39 is 28.4 Å². The van der Waals surface area contributed by atoms with Crippen molar-refractivity contribution in [3.63, 3.8) is 0 Å². The van der Waals surface area contributed by atoms with E-state index in [0.29, 0.717) is 11.4 Å². The average Bonchev–Trinajstić information content (AvgIpc) is 2.69. The summed E-state index contributed by atoms with van der Waals surface area (Å²) >= 11 is 0. The molecule has 0 aliphatic rings. The third-order valence-electron chi connectivity index (χ3n) is 4.01. The average molecular weight is 407 g/mol. The van der Waals surface area contributed by atoms with Gasteiger partial charge in [0.15, 0.2) is 23.9 Å². The largest absolute Gasteiger partial charge is 0.493 e. The minimum atomic E-state index is -3.40. The molecule has 8 nitrogen and oxygen atoms in total. The van der Waals surface area contributed by atoms with Crippen LogP contribution in [0.1, 0.15) is 20.7 Å². The first-order chi connectivity index (χ1) is 13.2. The smallest absolute Gasteiger partial charge is 0.342 e. The zero-order chi connectivity index (χ0) is 20.9. The fourth-order valence-corrected chi connectivity index (χ4v) is 2.89. The number of benzene rings is 2. The van der Waals surface area contributed by atoms with Crippen LogP contribution in [0, 0.1) is 0 Å².